The quantitative estimate of drug-likeness (QED) is 0.726. The number of carbonyl (C=O) groups is 1. The maximum atomic E-state index is 12.8. The fourth-order valence-corrected chi connectivity index (χ4v) is 1.12. The van der Waals surface area contributed by atoms with Gasteiger partial charge in [-0.1, -0.05) is 11.8 Å². The third-order valence-corrected chi connectivity index (χ3v) is 1.89. The molecule has 16 heavy (non-hydrogen) atoms. The highest BCUT2D eigenvalue weighted by atomic mass is 19.1. The van der Waals surface area contributed by atoms with E-state index in [2.05, 4.69) is 17.2 Å². The van der Waals surface area contributed by atoms with Crippen LogP contribution in [0.15, 0.2) is 18.2 Å². The largest absolute Gasteiger partial charge is 0.392 e. The molecule has 0 saturated carbocycles. The van der Waals surface area contributed by atoms with E-state index < -0.39 is 5.82 Å². The molecule has 1 aromatic carbocycles. The van der Waals surface area contributed by atoms with E-state index in [-0.39, 0.29) is 19.1 Å². The van der Waals surface area contributed by atoms with Gasteiger partial charge in [0.05, 0.1) is 13.2 Å². The highest BCUT2D eigenvalue weighted by molar-refractivity contribution is 5.73. The van der Waals surface area contributed by atoms with Crippen LogP contribution in [0, 0.1) is 17.7 Å². The summed E-state index contributed by atoms with van der Waals surface area (Å²) in [5.74, 6) is 4.90. The van der Waals surface area contributed by atoms with Crippen LogP contribution in [0.3, 0.4) is 0 Å². The predicted octanol–water partition coefficient (Wildman–Crippen LogP) is 0.806. The first-order valence-electron chi connectivity index (χ1n) is 4.76. The maximum Gasteiger partial charge on any atom is 0.217 e. The Kier molecular flexibility index (Phi) is 4.49. The SMILES string of the molecule is CC(=O)NCC#Cc1ccc(F)cc1CO. The van der Waals surface area contributed by atoms with E-state index in [1.54, 1.807) is 0 Å². The van der Waals surface area contributed by atoms with Crippen LogP contribution in [0.1, 0.15) is 18.1 Å². The second-order valence-electron chi connectivity index (χ2n) is 3.17. The topological polar surface area (TPSA) is 49.3 Å². The number of hydrogen-bond acceptors (Lipinski definition) is 2. The molecule has 0 atom stereocenters. The van der Waals surface area contributed by atoms with Crippen molar-refractivity contribution in [1.82, 2.24) is 5.32 Å². The van der Waals surface area contributed by atoms with Gasteiger partial charge in [0.15, 0.2) is 0 Å². The van der Waals surface area contributed by atoms with E-state index in [0.717, 1.165) is 0 Å². The van der Waals surface area contributed by atoms with E-state index in [1.165, 1.54) is 25.1 Å². The number of amides is 1. The van der Waals surface area contributed by atoms with Gasteiger partial charge in [0.1, 0.15) is 5.82 Å². The second-order valence-corrected chi connectivity index (χ2v) is 3.17. The zero-order valence-corrected chi connectivity index (χ0v) is 8.88. The van der Waals surface area contributed by atoms with Crippen molar-refractivity contribution in [1.29, 1.82) is 0 Å². The molecule has 0 bridgehead atoms. The van der Waals surface area contributed by atoms with E-state index in [4.69, 9.17) is 5.11 Å². The summed E-state index contributed by atoms with van der Waals surface area (Å²) in [6, 6.07) is 4.02. The average Bonchev–Trinajstić information content (AvgIpc) is 2.25. The first-order chi connectivity index (χ1) is 7.63. The molecule has 0 heterocycles. The molecule has 2 N–H and O–H groups in total. The van der Waals surface area contributed by atoms with Crippen molar-refractivity contribution in [3.8, 4) is 11.8 Å². The van der Waals surface area contributed by atoms with Gasteiger partial charge >= 0.3 is 0 Å². The Morgan fingerprint density at radius 2 is 2.31 bits per heavy atom. The van der Waals surface area contributed by atoms with Crippen molar-refractivity contribution in [2.45, 2.75) is 13.5 Å². The minimum absolute atomic E-state index is 0.157. The zero-order valence-electron chi connectivity index (χ0n) is 8.88. The van der Waals surface area contributed by atoms with Gasteiger partial charge in [-0.3, -0.25) is 4.79 Å². The van der Waals surface area contributed by atoms with E-state index in [9.17, 15) is 9.18 Å². The summed E-state index contributed by atoms with van der Waals surface area (Å²) in [5, 5.41) is 11.5. The molecule has 0 aliphatic rings. The van der Waals surface area contributed by atoms with E-state index in [1.807, 2.05) is 0 Å². The van der Waals surface area contributed by atoms with Crippen molar-refractivity contribution in [2.24, 2.45) is 0 Å². The maximum absolute atomic E-state index is 12.8. The molecule has 0 saturated heterocycles. The van der Waals surface area contributed by atoms with Crippen LogP contribution in [-0.2, 0) is 11.4 Å². The molecule has 0 aliphatic carbocycles. The zero-order chi connectivity index (χ0) is 12.0. The molecule has 0 spiro atoms. The van der Waals surface area contributed by atoms with Crippen LogP contribution >= 0.6 is 0 Å². The number of rotatable bonds is 2. The van der Waals surface area contributed by atoms with Crippen LogP contribution in [0.5, 0.6) is 0 Å². The second kappa shape index (κ2) is 5.89. The van der Waals surface area contributed by atoms with E-state index in [0.29, 0.717) is 11.1 Å². The van der Waals surface area contributed by atoms with Crippen LogP contribution < -0.4 is 5.32 Å². The Labute approximate surface area is 93.3 Å². The first kappa shape index (κ1) is 12.2. The van der Waals surface area contributed by atoms with Gasteiger partial charge in [0.25, 0.3) is 0 Å². The summed E-state index contributed by atoms with van der Waals surface area (Å²) in [5.41, 5.74) is 1.00. The molecule has 3 nitrogen and oxygen atoms in total. The van der Waals surface area contributed by atoms with Crippen molar-refractivity contribution in [3.05, 3.63) is 35.1 Å². The number of halogens is 1. The minimum Gasteiger partial charge on any atom is -0.392 e. The summed E-state index contributed by atoms with van der Waals surface area (Å²) in [7, 11) is 0. The lowest BCUT2D eigenvalue weighted by Crippen LogP contribution is -2.19. The normalized spacial score (nSPS) is 9.19. The van der Waals surface area contributed by atoms with Crippen molar-refractivity contribution >= 4 is 5.91 Å². The molecule has 0 unspecified atom stereocenters. The lowest BCUT2D eigenvalue weighted by molar-refractivity contribution is -0.118. The summed E-state index contributed by atoms with van der Waals surface area (Å²) in [6.45, 7) is 1.37. The number of carbonyl (C=O) groups excluding carboxylic acids is 1. The lowest BCUT2D eigenvalue weighted by atomic mass is 10.1. The number of hydrogen-bond donors (Lipinski definition) is 2. The molecule has 1 aromatic rings. The summed E-state index contributed by atoms with van der Waals surface area (Å²) >= 11 is 0. The summed E-state index contributed by atoms with van der Waals surface area (Å²) in [4.78, 5) is 10.6. The molecular formula is C12H12FNO2. The molecule has 84 valence electrons. The highest BCUT2D eigenvalue weighted by Crippen LogP contribution is 2.09. The van der Waals surface area contributed by atoms with Gasteiger partial charge in [-0.05, 0) is 23.8 Å². The van der Waals surface area contributed by atoms with Crippen LogP contribution in [-0.4, -0.2) is 17.6 Å². The monoisotopic (exact) mass is 221 g/mol. The minimum atomic E-state index is -0.406. The average molecular weight is 221 g/mol. The summed E-state index contributed by atoms with van der Waals surface area (Å²) < 4.78 is 12.8. The number of aliphatic hydroxyl groups is 1. The molecule has 4 heteroatoms. The first-order valence-corrected chi connectivity index (χ1v) is 4.76. The van der Waals surface area contributed by atoms with Crippen molar-refractivity contribution in [3.63, 3.8) is 0 Å². The van der Waals surface area contributed by atoms with Gasteiger partial charge in [-0.25, -0.2) is 4.39 Å². The highest BCUT2D eigenvalue weighted by Gasteiger charge is 2.00. The molecule has 0 fully saturated rings. The van der Waals surface area contributed by atoms with Gasteiger partial charge < -0.3 is 10.4 Å². The number of aliphatic hydroxyl groups excluding tert-OH is 1. The molecular weight excluding hydrogens is 209 g/mol. The van der Waals surface area contributed by atoms with Crippen molar-refractivity contribution in [2.75, 3.05) is 6.54 Å². The Hall–Kier alpha value is -1.86. The fourth-order valence-electron chi connectivity index (χ4n) is 1.12. The van der Waals surface area contributed by atoms with Crippen LogP contribution in [0.25, 0.3) is 0 Å². The van der Waals surface area contributed by atoms with Gasteiger partial charge in [-0.15, -0.1) is 0 Å². The van der Waals surface area contributed by atoms with Gasteiger partial charge in [0.2, 0.25) is 5.91 Å². The van der Waals surface area contributed by atoms with Crippen LogP contribution in [0.4, 0.5) is 4.39 Å². The van der Waals surface area contributed by atoms with Gasteiger partial charge in [0, 0.05) is 12.5 Å². The van der Waals surface area contributed by atoms with Crippen molar-refractivity contribution < 1.29 is 14.3 Å². The molecule has 1 amide bonds. The number of benzene rings is 1. The Morgan fingerprint density at radius 3 is 2.94 bits per heavy atom. The van der Waals surface area contributed by atoms with Gasteiger partial charge in [-0.2, -0.15) is 0 Å². The fraction of sp³-hybridized carbons (Fsp3) is 0.250. The number of nitrogens with one attached hydrogen (secondary N) is 1. The molecule has 1 rings (SSSR count). The molecule has 0 aromatic heterocycles. The predicted molar refractivity (Wildman–Crippen MR) is 57.9 cm³/mol. The Morgan fingerprint density at radius 1 is 1.56 bits per heavy atom. The standard InChI is InChI=1S/C12H12FNO2/c1-9(16)14-6-2-3-10-4-5-12(13)7-11(10)8-15/h4-5,7,15H,6,8H2,1H3,(H,14,16). The van der Waals surface area contributed by atoms with Crippen LogP contribution in [0.2, 0.25) is 0 Å². The Balaban J connectivity index is 2.76. The summed E-state index contributed by atoms with van der Waals surface area (Å²) in [6.07, 6.45) is 0. The smallest absolute Gasteiger partial charge is 0.217 e. The third-order valence-electron chi connectivity index (χ3n) is 1.89. The third kappa shape index (κ3) is 3.71. The lowest BCUT2D eigenvalue weighted by Gasteiger charge is -2.00. The van der Waals surface area contributed by atoms with E-state index >= 15 is 0 Å². The molecule has 0 aliphatic heterocycles. The molecule has 0 radical (unpaired) electrons. The Bertz CT molecular complexity index is 446.